The van der Waals surface area contributed by atoms with Gasteiger partial charge >= 0.3 is 6.03 Å². The van der Waals surface area contributed by atoms with E-state index in [0.717, 1.165) is 24.3 Å². The Morgan fingerprint density at radius 3 is 2.56 bits per heavy atom. The number of hydrogen-bond acceptors (Lipinski definition) is 2. The fourth-order valence-electron chi connectivity index (χ4n) is 3.97. The Balaban J connectivity index is 2.08. The highest BCUT2D eigenvalue weighted by Crippen LogP contribution is 2.43. The number of carbonyl (C=O) groups excluding carboxylic acids is 1. The average molecular weight is 340 g/mol. The number of rotatable bonds is 5. The van der Waals surface area contributed by atoms with Crippen molar-refractivity contribution in [2.45, 2.75) is 52.0 Å². The number of furan rings is 1. The van der Waals surface area contributed by atoms with Crippen molar-refractivity contribution in [2.75, 3.05) is 18.5 Å². The lowest BCUT2D eigenvalue weighted by Gasteiger charge is -2.32. The lowest BCUT2D eigenvalue weighted by molar-refractivity contribution is 0.153. The van der Waals surface area contributed by atoms with Crippen LogP contribution >= 0.6 is 0 Å². The minimum absolute atomic E-state index is 0.0356. The molecular formula is C21H28N2O2. The highest BCUT2D eigenvalue weighted by atomic mass is 16.3. The molecule has 0 saturated carbocycles. The number of nitrogens with zero attached hydrogens (tertiary/aromatic N) is 2. The van der Waals surface area contributed by atoms with Gasteiger partial charge in [-0.3, -0.25) is 4.90 Å². The molecule has 1 fully saturated rings. The van der Waals surface area contributed by atoms with E-state index in [0.29, 0.717) is 12.5 Å². The number of para-hydroxylation sites is 1. The Morgan fingerprint density at radius 2 is 1.92 bits per heavy atom. The van der Waals surface area contributed by atoms with E-state index in [4.69, 9.17) is 4.42 Å². The third kappa shape index (κ3) is 2.64. The third-order valence-corrected chi connectivity index (χ3v) is 5.56. The second-order valence-corrected chi connectivity index (χ2v) is 7.15. The van der Waals surface area contributed by atoms with Gasteiger partial charge in [0.1, 0.15) is 11.3 Å². The smallest absolute Gasteiger partial charge is 0.325 e. The zero-order valence-electron chi connectivity index (χ0n) is 15.9. The molecule has 1 aromatic heterocycles. The first-order valence-electron chi connectivity index (χ1n) is 9.17. The van der Waals surface area contributed by atoms with Crippen LogP contribution in [-0.2, 0) is 12.0 Å². The van der Waals surface area contributed by atoms with E-state index in [-0.39, 0.29) is 6.03 Å². The molecule has 2 aromatic rings. The van der Waals surface area contributed by atoms with E-state index in [9.17, 15) is 4.79 Å². The van der Waals surface area contributed by atoms with Gasteiger partial charge in [0.15, 0.2) is 0 Å². The number of benzene rings is 1. The Kier molecular flexibility index (Phi) is 4.63. The van der Waals surface area contributed by atoms with Gasteiger partial charge < -0.3 is 9.32 Å². The number of anilines is 1. The van der Waals surface area contributed by atoms with Crippen molar-refractivity contribution >= 4 is 11.7 Å². The Hall–Kier alpha value is -2.23. The molecule has 1 aromatic carbocycles. The van der Waals surface area contributed by atoms with Crippen LogP contribution in [0.1, 0.15) is 56.9 Å². The van der Waals surface area contributed by atoms with Crippen LogP contribution in [0, 0.1) is 0 Å². The monoisotopic (exact) mass is 340 g/mol. The van der Waals surface area contributed by atoms with Crippen molar-refractivity contribution in [3.8, 4) is 0 Å². The summed E-state index contributed by atoms with van der Waals surface area (Å²) in [7, 11) is 1.89. The van der Waals surface area contributed by atoms with E-state index in [1.165, 1.54) is 11.1 Å². The topological polar surface area (TPSA) is 36.7 Å². The van der Waals surface area contributed by atoms with Crippen LogP contribution in [0.15, 0.2) is 41.0 Å². The molecule has 0 bridgehead atoms. The molecule has 4 heteroatoms. The molecule has 1 unspecified atom stereocenters. The molecule has 0 spiro atoms. The highest BCUT2D eigenvalue weighted by molar-refractivity contribution is 5.96. The predicted molar refractivity (Wildman–Crippen MR) is 101 cm³/mol. The van der Waals surface area contributed by atoms with Crippen molar-refractivity contribution in [3.63, 3.8) is 0 Å². The summed E-state index contributed by atoms with van der Waals surface area (Å²) in [4.78, 5) is 16.9. The van der Waals surface area contributed by atoms with Crippen LogP contribution in [0.3, 0.4) is 0 Å². The molecule has 1 atom stereocenters. The summed E-state index contributed by atoms with van der Waals surface area (Å²) in [5, 5.41) is 0. The van der Waals surface area contributed by atoms with E-state index < -0.39 is 5.54 Å². The van der Waals surface area contributed by atoms with E-state index in [1.807, 2.05) is 35.0 Å². The SMILES string of the molecule is CCc1ccoc1C1(CC)CN(c2ccccc2C(C)C)C(=O)N1C. The van der Waals surface area contributed by atoms with E-state index in [1.54, 1.807) is 6.26 Å². The van der Waals surface area contributed by atoms with Gasteiger partial charge in [0.2, 0.25) is 0 Å². The summed E-state index contributed by atoms with van der Waals surface area (Å²) >= 11 is 0. The molecule has 25 heavy (non-hydrogen) atoms. The molecule has 0 radical (unpaired) electrons. The number of amides is 2. The zero-order chi connectivity index (χ0) is 18.2. The van der Waals surface area contributed by atoms with Crippen molar-refractivity contribution < 1.29 is 9.21 Å². The summed E-state index contributed by atoms with van der Waals surface area (Å²) in [5.41, 5.74) is 2.97. The lowest BCUT2D eigenvalue weighted by atomic mass is 9.89. The van der Waals surface area contributed by atoms with Gasteiger partial charge in [-0.2, -0.15) is 0 Å². The second kappa shape index (κ2) is 6.58. The zero-order valence-corrected chi connectivity index (χ0v) is 15.9. The van der Waals surface area contributed by atoms with Gasteiger partial charge in [0, 0.05) is 12.7 Å². The number of carbonyl (C=O) groups is 1. The summed E-state index contributed by atoms with van der Waals surface area (Å²) < 4.78 is 5.89. The van der Waals surface area contributed by atoms with E-state index in [2.05, 4.69) is 39.8 Å². The van der Waals surface area contributed by atoms with Crippen LogP contribution in [0.5, 0.6) is 0 Å². The highest BCUT2D eigenvalue weighted by Gasteiger charge is 2.51. The molecule has 2 amide bonds. The standard InChI is InChI=1S/C21H28N2O2/c1-6-16-12-13-25-19(16)21(7-2)14-23(20(24)22(21)5)18-11-9-8-10-17(18)15(3)4/h8-13,15H,6-7,14H2,1-5H3. The minimum Gasteiger partial charge on any atom is -0.466 e. The maximum absolute atomic E-state index is 13.2. The quantitative estimate of drug-likeness (QED) is 0.755. The molecule has 4 nitrogen and oxygen atoms in total. The molecule has 134 valence electrons. The van der Waals surface area contributed by atoms with Crippen LogP contribution in [-0.4, -0.2) is 24.5 Å². The normalized spacial score (nSPS) is 20.8. The summed E-state index contributed by atoms with van der Waals surface area (Å²) in [5.74, 6) is 1.29. The first-order chi connectivity index (χ1) is 12.0. The first kappa shape index (κ1) is 17.6. The third-order valence-electron chi connectivity index (χ3n) is 5.56. The Bertz CT molecular complexity index is 765. The second-order valence-electron chi connectivity index (χ2n) is 7.15. The van der Waals surface area contributed by atoms with Crippen LogP contribution in [0.2, 0.25) is 0 Å². The molecule has 0 N–H and O–H groups in total. The molecule has 1 aliphatic rings. The fraction of sp³-hybridized carbons (Fsp3) is 0.476. The Morgan fingerprint density at radius 1 is 1.20 bits per heavy atom. The molecule has 3 rings (SSSR count). The molecular weight excluding hydrogens is 312 g/mol. The Labute approximate surface area is 150 Å². The molecule has 2 heterocycles. The number of aryl methyl sites for hydroxylation is 1. The van der Waals surface area contributed by atoms with Gasteiger partial charge in [-0.1, -0.05) is 45.9 Å². The van der Waals surface area contributed by atoms with Gasteiger partial charge in [0.25, 0.3) is 0 Å². The maximum Gasteiger partial charge on any atom is 0.325 e. The van der Waals surface area contributed by atoms with E-state index >= 15 is 0 Å². The molecule has 1 saturated heterocycles. The van der Waals surface area contributed by atoms with Gasteiger partial charge in [0.05, 0.1) is 12.8 Å². The summed E-state index contributed by atoms with van der Waals surface area (Å²) in [6, 6.07) is 10.3. The summed E-state index contributed by atoms with van der Waals surface area (Å²) in [6.45, 7) is 9.20. The van der Waals surface area contributed by atoms with Gasteiger partial charge in [-0.25, -0.2) is 4.79 Å². The number of hydrogen-bond donors (Lipinski definition) is 0. The maximum atomic E-state index is 13.2. The number of likely N-dealkylation sites (N-methyl/N-ethyl adjacent to an activating group) is 1. The lowest BCUT2D eigenvalue weighted by Crippen LogP contribution is -2.41. The summed E-state index contributed by atoms with van der Waals surface area (Å²) in [6.07, 6.45) is 3.46. The molecule has 1 aliphatic heterocycles. The largest absolute Gasteiger partial charge is 0.466 e. The average Bonchev–Trinajstić information content (AvgIpc) is 3.20. The minimum atomic E-state index is -0.421. The van der Waals surface area contributed by atoms with Crippen LogP contribution in [0.25, 0.3) is 0 Å². The van der Waals surface area contributed by atoms with Gasteiger partial charge in [-0.15, -0.1) is 0 Å². The van der Waals surface area contributed by atoms with Crippen LogP contribution in [0.4, 0.5) is 10.5 Å². The first-order valence-corrected chi connectivity index (χ1v) is 9.17. The number of urea groups is 1. The van der Waals surface area contributed by atoms with Crippen molar-refractivity contribution in [3.05, 3.63) is 53.5 Å². The van der Waals surface area contributed by atoms with Crippen molar-refractivity contribution in [1.82, 2.24) is 4.90 Å². The predicted octanol–water partition coefficient (Wildman–Crippen LogP) is 5.14. The van der Waals surface area contributed by atoms with Crippen molar-refractivity contribution in [1.29, 1.82) is 0 Å². The van der Waals surface area contributed by atoms with Crippen LogP contribution < -0.4 is 4.90 Å². The fourth-order valence-corrected chi connectivity index (χ4v) is 3.97. The van der Waals surface area contributed by atoms with Gasteiger partial charge in [-0.05, 0) is 42.0 Å². The molecule has 0 aliphatic carbocycles. The van der Waals surface area contributed by atoms with Crippen molar-refractivity contribution in [2.24, 2.45) is 0 Å².